The minimum Gasteiger partial charge on any atom is -0.314 e. The maximum atomic E-state index is 5.90. The fraction of sp³-hybridized carbons (Fsp3) is 1.00. The van der Waals surface area contributed by atoms with Crippen molar-refractivity contribution in [2.45, 2.75) is 10.6 Å². The Morgan fingerprint density at radius 1 is 1.62 bits per heavy atom. The minimum absolute atomic E-state index is 0.352. The second-order valence-electron chi connectivity index (χ2n) is 1.95. The van der Waals surface area contributed by atoms with Crippen molar-refractivity contribution in [1.29, 1.82) is 0 Å². The normalized spacial score (nSPS) is 38.2. The topological polar surface area (TPSA) is 12.0 Å². The highest BCUT2D eigenvalue weighted by Gasteiger charge is 2.23. The largest absolute Gasteiger partial charge is 0.314 e. The van der Waals surface area contributed by atoms with Gasteiger partial charge in [0.1, 0.15) is 0 Å². The number of hydrogen-bond acceptors (Lipinski definition) is 2. The predicted molar refractivity (Wildman–Crippen MR) is 39.8 cm³/mol. The third-order valence-corrected chi connectivity index (χ3v) is 3.10. The predicted octanol–water partition coefficient (Wildman–Crippen LogP) is 0.929. The number of halogens is 1. The van der Waals surface area contributed by atoms with E-state index in [2.05, 4.69) is 11.6 Å². The summed E-state index contributed by atoms with van der Waals surface area (Å²) in [6.07, 6.45) is 2.10. The van der Waals surface area contributed by atoms with Crippen LogP contribution >= 0.6 is 23.4 Å². The van der Waals surface area contributed by atoms with Crippen molar-refractivity contribution in [3.8, 4) is 0 Å². The van der Waals surface area contributed by atoms with E-state index in [9.17, 15) is 0 Å². The maximum Gasteiger partial charge on any atom is 0.0591 e. The van der Waals surface area contributed by atoms with Crippen LogP contribution in [0.25, 0.3) is 0 Å². The number of nitrogens with one attached hydrogen (secondary N) is 1. The van der Waals surface area contributed by atoms with Crippen molar-refractivity contribution < 1.29 is 0 Å². The molecule has 3 heteroatoms. The number of thioether (sulfide) groups is 1. The Labute approximate surface area is 59.2 Å². The van der Waals surface area contributed by atoms with Crippen molar-refractivity contribution in [2.24, 2.45) is 0 Å². The van der Waals surface area contributed by atoms with E-state index in [-0.39, 0.29) is 0 Å². The second-order valence-corrected chi connectivity index (χ2v) is 3.59. The van der Waals surface area contributed by atoms with Gasteiger partial charge in [-0.3, -0.25) is 0 Å². The first-order valence-corrected chi connectivity index (χ1v) is 4.44. The van der Waals surface area contributed by atoms with Gasteiger partial charge in [-0.2, -0.15) is 11.8 Å². The van der Waals surface area contributed by atoms with E-state index in [1.807, 2.05) is 11.8 Å². The molecule has 1 saturated heterocycles. The molecule has 1 rings (SSSR count). The maximum absolute atomic E-state index is 5.90. The molecular formula is C5H10ClNS. The molecule has 8 heavy (non-hydrogen) atoms. The highest BCUT2D eigenvalue weighted by Crippen LogP contribution is 2.18. The Bertz CT molecular complexity index is 78.8. The lowest BCUT2D eigenvalue weighted by Gasteiger charge is -2.06. The molecular weight excluding hydrogens is 142 g/mol. The van der Waals surface area contributed by atoms with Gasteiger partial charge in [-0.25, -0.2) is 0 Å². The summed E-state index contributed by atoms with van der Waals surface area (Å²) in [6, 6.07) is 0. The van der Waals surface area contributed by atoms with Crippen LogP contribution in [-0.2, 0) is 0 Å². The van der Waals surface area contributed by atoms with Crippen LogP contribution in [0.4, 0.5) is 0 Å². The molecule has 1 aliphatic heterocycles. The van der Waals surface area contributed by atoms with Crippen molar-refractivity contribution >= 4 is 23.4 Å². The van der Waals surface area contributed by atoms with E-state index in [1.165, 1.54) is 0 Å². The van der Waals surface area contributed by atoms with Crippen LogP contribution < -0.4 is 5.32 Å². The summed E-state index contributed by atoms with van der Waals surface area (Å²) >= 11 is 7.74. The number of rotatable bonds is 1. The Kier molecular flexibility index (Phi) is 2.47. The number of alkyl halides is 1. The van der Waals surface area contributed by atoms with Crippen LogP contribution in [0, 0.1) is 0 Å². The third kappa shape index (κ3) is 1.30. The van der Waals surface area contributed by atoms with Gasteiger partial charge in [0.05, 0.1) is 5.38 Å². The molecule has 1 nitrogen and oxygen atoms in total. The van der Waals surface area contributed by atoms with Crippen LogP contribution in [0.2, 0.25) is 0 Å². The second kappa shape index (κ2) is 2.95. The highest BCUT2D eigenvalue weighted by atomic mass is 35.5. The molecule has 0 spiro atoms. The zero-order valence-corrected chi connectivity index (χ0v) is 6.43. The standard InChI is InChI=1S/C5H10ClNS/c1-8-5-3-7-2-4(5)6/h4-5,7H,2-3H2,1H3/t4-,5-/m1/s1. The summed E-state index contributed by atoms with van der Waals surface area (Å²) in [7, 11) is 0. The van der Waals surface area contributed by atoms with E-state index < -0.39 is 0 Å². The fourth-order valence-corrected chi connectivity index (χ4v) is 2.04. The summed E-state index contributed by atoms with van der Waals surface area (Å²) in [6.45, 7) is 2.06. The van der Waals surface area contributed by atoms with Gasteiger partial charge in [0, 0.05) is 18.3 Å². The van der Waals surface area contributed by atoms with Crippen LogP contribution in [0.5, 0.6) is 0 Å². The quantitative estimate of drug-likeness (QED) is 0.560. The molecule has 1 aliphatic rings. The molecule has 2 atom stereocenters. The van der Waals surface area contributed by atoms with Crippen LogP contribution in [0.3, 0.4) is 0 Å². The average molecular weight is 152 g/mol. The van der Waals surface area contributed by atoms with Gasteiger partial charge >= 0.3 is 0 Å². The highest BCUT2D eigenvalue weighted by molar-refractivity contribution is 7.99. The van der Waals surface area contributed by atoms with Gasteiger partial charge in [-0.1, -0.05) is 0 Å². The molecule has 1 fully saturated rings. The van der Waals surface area contributed by atoms with Gasteiger partial charge in [0.25, 0.3) is 0 Å². The molecule has 0 saturated carbocycles. The van der Waals surface area contributed by atoms with E-state index in [1.54, 1.807) is 0 Å². The van der Waals surface area contributed by atoms with Crippen LogP contribution in [0.15, 0.2) is 0 Å². The Morgan fingerprint density at radius 3 is 2.62 bits per heavy atom. The van der Waals surface area contributed by atoms with E-state index in [0.717, 1.165) is 13.1 Å². The molecule has 1 heterocycles. The van der Waals surface area contributed by atoms with Gasteiger partial charge in [-0.15, -0.1) is 11.6 Å². The Balaban J connectivity index is 2.30. The van der Waals surface area contributed by atoms with Gasteiger partial charge < -0.3 is 5.32 Å². The van der Waals surface area contributed by atoms with Gasteiger partial charge in [0.2, 0.25) is 0 Å². The molecule has 0 aromatic heterocycles. The van der Waals surface area contributed by atoms with Gasteiger partial charge in [-0.05, 0) is 6.26 Å². The molecule has 0 amide bonds. The third-order valence-electron chi connectivity index (χ3n) is 1.39. The van der Waals surface area contributed by atoms with E-state index in [0.29, 0.717) is 10.6 Å². The zero-order valence-electron chi connectivity index (χ0n) is 4.86. The zero-order chi connectivity index (χ0) is 5.98. The Morgan fingerprint density at radius 2 is 2.38 bits per heavy atom. The molecule has 0 aromatic rings. The Hall–Kier alpha value is 0.600. The van der Waals surface area contributed by atoms with Crippen LogP contribution in [0.1, 0.15) is 0 Å². The molecule has 0 aromatic carbocycles. The molecule has 0 bridgehead atoms. The van der Waals surface area contributed by atoms with E-state index in [4.69, 9.17) is 11.6 Å². The van der Waals surface area contributed by atoms with Gasteiger partial charge in [0.15, 0.2) is 0 Å². The minimum atomic E-state index is 0.352. The molecule has 0 radical (unpaired) electrons. The smallest absolute Gasteiger partial charge is 0.0591 e. The average Bonchev–Trinajstić information content (AvgIpc) is 2.14. The first-order valence-electron chi connectivity index (χ1n) is 2.72. The SMILES string of the molecule is CS[C@@H]1CNC[C@H]1Cl. The first kappa shape index (κ1) is 6.72. The summed E-state index contributed by atoms with van der Waals surface area (Å²) in [5.41, 5.74) is 0. The lowest BCUT2D eigenvalue weighted by atomic mass is 10.4. The first-order chi connectivity index (χ1) is 3.84. The van der Waals surface area contributed by atoms with Crippen LogP contribution in [-0.4, -0.2) is 30.0 Å². The lowest BCUT2D eigenvalue weighted by molar-refractivity contribution is 0.860. The van der Waals surface area contributed by atoms with Crippen molar-refractivity contribution in [1.82, 2.24) is 5.32 Å². The molecule has 48 valence electrons. The van der Waals surface area contributed by atoms with Crippen molar-refractivity contribution in [2.75, 3.05) is 19.3 Å². The lowest BCUT2D eigenvalue weighted by Crippen LogP contribution is -2.13. The summed E-state index contributed by atoms with van der Waals surface area (Å²) in [5.74, 6) is 0. The molecule has 1 N–H and O–H groups in total. The van der Waals surface area contributed by atoms with Crippen molar-refractivity contribution in [3.05, 3.63) is 0 Å². The fourth-order valence-electron chi connectivity index (χ4n) is 0.854. The molecule has 0 unspecified atom stereocenters. The summed E-state index contributed by atoms with van der Waals surface area (Å²) in [5, 5.41) is 4.21. The summed E-state index contributed by atoms with van der Waals surface area (Å²) < 4.78 is 0. The molecule has 0 aliphatic carbocycles. The monoisotopic (exact) mass is 151 g/mol. The number of hydrogen-bond donors (Lipinski definition) is 1. The van der Waals surface area contributed by atoms with E-state index >= 15 is 0 Å². The van der Waals surface area contributed by atoms with Crippen molar-refractivity contribution in [3.63, 3.8) is 0 Å². The summed E-state index contributed by atoms with van der Waals surface area (Å²) in [4.78, 5) is 0.